The summed E-state index contributed by atoms with van der Waals surface area (Å²) < 4.78 is 1.85. The van der Waals surface area contributed by atoms with Gasteiger partial charge < -0.3 is 5.73 Å². The fourth-order valence-electron chi connectivity index (χ4n) is 1.66. The first kappa shape index (κ1) is 9.93. The summed E-state index contributed by atoms with van der Waals surface area (Å²) in [7, 11) is 1.93. The number of rotatable bonds is 2. The minimum atomic E-state index is -0.0834. The third-order valence-electron chi connectivity index (χ3n) is 2.77. The van der Waals surface area contributed by atoms with Gasteiger partial charge >= 0.3 is 0 Å². The molecule has 1 atom stereocenters. The Bertz CT molecular complexity index is 445. The first-order valence-electron chi connectivity index (χ1n) is 4.99. The van der Waals surface area contributed by atoms with Crippen LogP contribution in [-0.4, -0.2) is 9.78 Å². The number of nitrogens with two attached hydrogens (primary N) is 1. The molecule has 2 N–H and O–H groups in total. The van der Waals surface area contributed by atoms with Crippen LogP contribution in [0.15, 0.2) is 36.5 Å². The summed E-state index contributed by atoms with van der Waals surface area (Å²) in [6, 6.07) is 9.99. The lowest BCUT2D eigenvalue weighted by molar-refractivity contribution is 0.734. The monoisotopic (exact) mass is 201 g/mol. The number of nitrogens with zero attached hydrogens (tertiary/aromatic N) is 2. The maximum atomic E-state index is 6.18. The molecule has 0 spiro atoms. The zero-order valence-electron chi connectivity index (χ0n) is 9.01. The summed E-state index contributed by atoms with van der Waals surface area (Å²) in [4.78, 5) is 0. The number of hydrogen-bond donors (Lipinski definition) is 1. The average Bonchev–Trinajstić information content (AvgIpc) is 2.60. The maximum absolute atomic E-state index is 6.18. The first-order chi connectivity index (χ1) is 7.20. The van der Waals surface area contributed by atoms with E-state index in [1.165, 1.54) is 0 Å². The molecule has 2 rings (SSSR count). The summed E-state index contributed by atoms with van der Waals surface area (Å²) in [6.45, 7) is 2.03. The van der Waals surface area contributed by atoms with E-state index < -0.39 is 0 Å². The lowest BCUT2D eigenvalue weighted by Gasteiger charge is -2.11. The highest BCUT2D eigenvalue weighted by Gasteiger charge is 2.13. The van der Waals surface area contributed by atoms with E-state index in [1.54, 1.807) is 0 Å². The van der Waals surface area contributed by atoms with Crippen molar-refractivity contribution in [2.24, 2.45) is 12.8 Å². The van der Waals surface area contributed by atoms with Crippen LogP contribution in [0, 0.1) is 6.92 Å². The molecule has 1 heterocycles. The Morgan fingerprint density at radius 2 is 1.93 bits per heavy atom. The van der Waals surface area contributed by atoms with Crippen LogP contribution >= 0.6 is 0 Å². The Kier molecular flexibility index (Phi) is 2.56. The average molecular weight is 201 g/mol. The Morgan fingerprint density at radius 3 is 2.47 bits per heavy atom. The van der Waals surface area contributed by atoms with Crippen molar-refractivity contribution < 1.29 is 0 Å². The Morgan fingerprint density at radius 1 is 1.27 bits per heavy atom. The van der Waals surface area contributed by atoms with Crippen molar-refractivity contribution in [1.29, 1.82) is 0 Å². The molecule has 1 aromatic carbocycles. The van der Waals surface area contributed by atoms with Gasteiger partial charge in [0.05, 0.1) is 12.2 Å². The van der Waals surface area contributed by atoms with Gasteiger partial charge in [-0.1, -0.05) is 30.3 Å². The summed E-state index contributed by atoms with van der Waals surface area (Å²) in [5.74, 6) is 0. The van der Waals surface area contributed by atoms with Crippen LogP contribution in [0.25, 0.3) is 0 Å². The van der Waals surface area contributed by atoms with Crippen molar-refractivity contribution in [2.75, 3.05) is 0 Å². The van der Waals surface area contributed by atoms with Gasteiger partial charge in [0.1, 0.15) is 0 Å². The smallest absolute Gasteiger partial charge is 0.0585 e. The van der Waals surface area contributed by atoms with Crippen molar-refractivity contribution in [1.82, 2.24) is 9.78 Å². The number of benzene rings is 1. The molecule has 1 aromatic heterocycles. The largest absolute Gasteiger partial charge is 0.320 e. The summed E-state index contributed by atoms with van der Waals surface area (Å²) in [6.07, 6.45) is 1.84. The maximum Gasteiger partial charge on any atom is 0.0585 e. The molecule has 0 radical (unpaired) electrons. The summed E-state index contributed by atoms with van der Waals surface area (Å²) in [5.41, 5.74) is 9.50. The zero-order chi connectivity index (χ0) is 10.8. The number of hydrogen-bond acceptors (Lipinski definition) is 2. The molecule has 3 heteroatoms. The van der Waals surface area contributed by atoms with Crippen molar-refractivity contribution in [3.05, 3.63) is 53.3 Å². The molecular weight excluding hydrogens is 186 g/mol. The molecule has 15 heavy (non-hydrogen) atoms. The highest BCUT2D eigenvalue weighted by atomic mass is 15.3. The van der Waals surface area contributed by atoms with E-state index in [0.717, 1.165) is 16.8 Å². The van der Waals surface area contributed by atoms with E-state index in [1.807, 2.05) is 55.2 Å². The van der Waals surface area contributed by atoms with Crippen LogP contribution in [-0.2, 0) is 7.05 Å². The predicted octanol–water partition coefficient (Wildman–Crippen LogP) is 1.78. The van der Waals surface area contributed by atoms with Gasteiger partial charge in [-0.25, -0.2) is 0 Å². The second-order valence-electron chi connectivity index (χ2n) is 3.70. The van der Waals surface area contributed by atoms with Gasteiger partial charge in [0.15, 0.2) is 0 Å². The zero-order valence-corrected chi connectivity index (χ0v) is 9.01. The normalized spacial score (nSPS) is 12.7. The van der Waals surface area contributed by atoms with Crippen LogP contribution < -0.4 is 5.73 Å². The van der Waals surface area contributed by atoms with Crippen molar-refractivity contribution >= 4 is 0 Å². The van der Waals surface area contributed by atoms with Gasteiger partial charge in [-0.2, -0.15) is 5.10 Å². The topological polar surface area (TPSA) is 43.8 Å². The van der Waals surface area contributed by atoms with E-state index in [9.17, 15) is 0 Å². The van der Waals surface area contributed by atoms with Gasteiger partial charge in [0.25, 0.3) is 0 Å². The molecule has 0 aliphatic carbocycles. The molecular formula is C12H15N3. The van der Waals surface area contributed by atoms with Crippen LogP contribution in [0.1, 0.15) is 22.9 Å². The molecule has 0 aliphatic rings. The fraction of sp³-hybridized carbons (Fsp3) is 0.250. The molecule has 1 unspecified atom stereocenters. The van der Waals surface area contributed by atoms with Crippen molar-refractivity contribution in [2.45, 2.75) is 13.0 Å². The molecule has 0 saturated heterocycles. The quantitative estimate of drug-likeness (QED) is 0.804. The first-order valence-corrected chi connectivity index (χ1v) is 4.99. The van der Waals surface area contributed by atoms with Crippen LogP contribution in [0.5, 0.6) is 0 Å². The van der Waals surface area contributed by atoms with E-state index >= 15 is 0 Å². The third kappa shape index (κ3) is 1.78. The van der Waals surface area contributed by atoms with Crippen LogP contribution in [0.3, 0.4) is 0 Å². The van der Waals surface area contributed by atoms with E-state index in [-0.39, 0.29) is 6.04 Å². The molecule has 2 aromatic rings. The summed E-state index contributed by atoms with van der Waals surface area (Å²) >= 11 is 0. The van der Waals surface area contributed by atoms with E-state index in [0.29, 0.717) is 0 Å². The van der Waals surface area contributed by atoms with Crippen LogP contribution in [0.2, 0.25) is 0 Å². The minimum absolute atomic E-state index is 0.0834. The standard InChI is InChI=1S/C12H15N3/c1-9-11(8-14-15(9)2)12(13)10-6-4-3-5-7-10/h3-8,12H,13H2,1-2H3. The third-order valence-corrected chi connectivity index (χ3v) is 2.77. The lowest BCUT2D eigenvalue weighted by atomic mass is 10.0. The minimum Gasteiger partial charge on any atom is -0.320 e. The van der Waals surface area contributed by atoms with Gasteiger partial charge in [0, 0.05) is 18.3 Å². The van der Waals surface area contributed by atoms with E-state index in [2.05, 4.69) is 5.10 Å². The molecule has 0 bridgehead atoms. The van der Waals surface area contributed by atoms with Gasteiger partial charge in [-0.3, -0.25) is 4.68 Å². The van der Waals surface area contributed by atoms with Crippen molar-refractivity contribution in [3.8, 4) is 0 Å². The predicted molar refractivity (Wildman–Crippen MR) is 60.4 cm³/mol. The highest BCUT2D eigenvalue weighted by Crippen LogP contribution is 2.21. The Labute approximate surface area is 89.5 Å². The molecule has 0 saturated carbocycles. The number of aromatic nitrogens is 2. The summed E-state index contributed by atoms with van der Waals surface area (Å²) in [5, 5.41) is 4.20. The van der Waals surface area contributed by atoms with Gasteiger partial charge in [-0.15, -0.1) is 0 Å². The second-order valence-corrected chi connectivity index (χ2v) is 3.70. The SMILES string of the molecule is Cc1c(C(N)c2ccccc2)cnn1C. The Hall–Kier alpha value is -1.61. The molecule has 3 nitrogen and oxygen atoms in total. The lowest BCUT2D eigenvalue weighted by Crippen LogP contribution is -2.12. The molecule has 0 fully saturated rings. The number of aryl methyl sites for hydroxylation is 1. The van der Waals surface area contributed by atoms with E-state index in [4.69, 9.17) is 5.73 Å². The second kappa shape index (κ2) is 3.87. The molecule has 0 amide bonds. The van der Waals surface area contributed by atoms with Gasteiger partial charge in [0.2, 0.25) is 0 Å². The highest BCUT2D eigenvalue weighted by molar-refractivity contribution is 5.32. The molecule has 78 valence electrons. The van der Waals surface area contributed by atoms with Crippen molar-refractivity contribution in [3.63, 3.8) is 0 Å². The Balaban J connectivity index is 2.37. The molecule has 0 aliphatic heterocycles. The van der Waals surface area contributed by atoms with Gasteiger partial charge in [-0.05, 0) is 12.5 Å². The van der Waals surface area contributed by atoms with Crippen LogP contribution in [0.4, 0.5) is 0 Å². The fourth-order valence-corrected chi connectivity index (χ4v) is 1.66.